The van der Waals surface area contributed by atoms with Gasteiger partial charge in [-0.3, -0.25) is 0 Å². The van der Waals surface area contributed by atoms with Gasteiger partial charge in [0.15, 0.2) is 11.6 Å². The van der Waals surface area contributed by atoms with E-state index in [1.807, 2.05) is 0 Å². The molecule has 0 aliphatic rings. The van der Waals surface area contributed by atoms with Crippen LogP contribution in [0.25, 0.3) is 0 Å². The molecule has 0 aliphatic heterocycles. The fourth-order valence-corrected chi connectivity index (χ4v) is 4.19. The number of hydrogen-bond donors (Lipinski definition) is 1. The summed E-state index contributed by atoms with van der Waals surface area (Å²) in [4.78, 5) is 0.247. The van der Waals surface area contributed by atoms with E-state index in [4.69, 9.17) is 4.74 Å². The third-order valence-electron chi connectivity index (χ3n) is 4.23. The third-order valence-corrected chi connectivity index (χ3v) is 6.30. The van der Waals surface area contributed by atoms with Gasteiger partial charge in [-0.1, -0.05) is 26.0 Å². The average molecular weight is 398 g/mol. The minimum atomic E-state index is -3.48. The maximum Gasteiger partial charge on any atom is 0.243 e. The largest absolute Gasteiger partial charge is 0.496 e. The Kier molecular flexibility index (Phi) is 7.29. The molecule has 5 nitrogen and oxygen atoms in total. The number of nitrogens with one attached hydrogen (secondary N) is 1. The Morgan fingerprint density at radius 3 is 2.15 bits per heavy atom. The maximum atomic E-state index is 13.4. The van der Waals surface area contributed by atoms with Crippen LogP contribution in [0.5, 0.6) is 5.75 Å². The van der Waals surface area contributed by atoms with Crippen molar-refractivity contribution in [1.29, 1.82) is 0 Å². The Balaban J connectivity index is 2.03. The van der Waals surface area contributed by atoms with Gasteiger partial charge in [0.05, 0.1) is 12.0 Å². The smallest absolute Gasteiger partial charge is 0.243 e. The predicted octanol–water partition coefficient (Wildman–Crippen LogP) is 3.29. The number of methoxy groups -OCH3 is 1. The van der Waals surface area contributed by atoms with Gasteiger partial charge in [0, 0.05) is 37.8 Å². The van der Waals surface area contributed by atoms with Gasteiger partial charge in [-0.2, -0.15) is 4.31 Å². The Morgan fingerprint density at radius 1 is 1.00 bits per heavy atom. The van der Waals surface area contributed by atoms with Crippen LogP contribution in [0.4, 0.5) is 8.78 Å². The summed E-state index contributed by atoms with van der Waals surface area (Å²) in [7, 11) is -2.09. The lowest BCUT2D eigenvalue weighted by molar-refractivity contribution is 0.398. The van der Waals surface area contributed by atoms with Gasteiger partial charge in [-0.25, -0.2) is 17.2 Å². The highest BCUT2D eigenvalue weighted by Gasteiger charge is 2.21. The maximum absolute atomic E-state index is 13.4. The van der Waals surface area contributed by atoms with Crippen molar-refractivity contribution in [1.82, 2.24) is 9.62 Å². The van der Waals surface area contributed by atoms with E-state index >= 15 is 0 Å². The second-order valence-corrected chi connectivity index (χ2v) is 7.85. The average Bonchev–Trinajstić information content (AvgIpc) is 2.65. The molecule has 1 N–H and O–H groups in total. The van der Waals surface area contributed by atoms with E-state index in [1.54, 1.807) is 38.1 Å². The van der Waals surface area contributed by atoms with Crippen LogP contribution < -0.4 is 10.1 Å². The van der Waals surface area contributed by atoms with Gasteiger partial charge in [-0.15, -0.1) is 0 Å². The van der Waals surface area contributed by atoms with Crippen LogP contribution >= 0.6 is 0 Å². The molecular weight excluding hydrogens is 374 g/mol. The summed E-state index contributed by atoms with van der Waals surface area (Å²) in [6.45, 7) is 5.14. The molecule has 8 heteroatoms. The molecule has 0 saturated carbocycles. The Morgan fingerprint density at radius 2 is 1.59 bits per heavy atom. The van der Waals surface area contributed by atoms with Crippen LogP contribution in [0, 0.1) is 11.6 Å². The van der Waals surface area contributed by atoms with E-state index in [0.717, 1.165) is 17.7 Å². The first-order chi connectivity index (χ1) is 12.8. The molecule has 0 atom stereocenters. The third kappa shape index (κ3) is 5.03. The van der Waals surface area contributed by atoms with Gasteiger partial charge in [0.1, 0.15) is 5.75 Å². The molecular formula is C19H24F2N2O3S. The van der Waals surface area contributed by atoms with Gasteiger partial charge in [0.25, 0.3) is 0 Å². The van der Waals surface area contributed by atoms with E-state index in [-0.39, 0.29) is 17.2 Å². The van der Waals surface area contributed by atoms with Crippen molar-refractivity contribution in [3.8, 4) is 5.75 Å². The molecule has 2 aromatic carbocycles. The Labute approximate surface area is 159 Å². The van der Waals surface area contributed by atoms with Gasteiger partial charge < -0.3 is 10.1 Å². The lowest BCUT2D eigenvalue weighted by atomic mass is 10.1. The van der Waals surface area contributed by atoms with E-state index in [1.165, 1.54) is 11.4 Å². The lowest BCUT2D eigenvalue weighted by Gasteiger charge is -2.18. The molecule has 0 unspecified atom stereocenters. The van der Waals surface area contributed by atoms with Gasteiger partial charge in [0.2, 0.25) is 10.0 Å². The SMILES string of the molecule is CCN(CC)S(=O)(=O)c1ccc(CNCc2cc(F)c(F)cc2OC)cc1. The highest BCUT2D eigenvalue weighted by molar-refractivity contribution is 7.89. The highest BCUT2D eigenvalue weighted by atomic mass is 32.2. The number of ether oxygens (including phenoxy) is 1. The summed E-state index contributed by atoms with van der Waals surface area (Å²) >= 11 is 0. The summed E-state index contributed by atoms with van der Waals surface area (Å²) in [6.07, 6.45) is 0. The molecule has 0 saturated heterocycles. The normalized spacial score (nSPS) is 11.8. The van der Waals surface area contributed by atoms with Crippen LogP contribution in [0.3, 0.4) is 0 Å². The van der Waals surface area contributed by atoms with E-state index in [2.05, 4.69) is 5.32 Å². The summed E-state index contributed by atoms with van der Waals surface area (Å²) in [6, 6.07) is 8.71. The summed E-state index contributed by atoms with van der Waals surface area (Å²) < 4.78 is 58.0. The molecule has 0 bridgehead atoms. The minimum Gasteiger partial charge on any atom is -0.496 e. The summed E-state index contributed by atoms with van der Waals surface area (Å²) in [5.74, 6) is -1.62. The topological polar surface area (TPSA) is 58.6 Å². The minimum absolute atomic E-state index is 0.247. The van der Waals surface area contributed by atoms with Gasteiger partial charge in [-0.05, 0) is 23.8 Å². The molecule has 2 rings (SSSR count). The number of nitrogens with zero attached hydrogens (tertiary/aromatic N) is 1. The zero-order valence-electron chi connectivity index (χ0n) is 15.6. The molecule has 0 heterocycles. The quantitative estimate of drug-likeness (QED) is 0.704. The molecule has 27 heavy (non-hydrogen) atoms. The van der Waals surface area contributed by atoms with Crippen molar-refractivity contribution in [3.05, 3.63) is 59.2 Å². The van der Waals surface area contributed by atoms with Crippen molar-refractivity contribution >= 4 is 10.0 Å². The fourth-order valence-electron chi connectivity index (χ4n) is 2.73. The van der Waals surface area contributed by atoms with E-state index < -0.39 is 21.7 Å². The molecule has 2 aromatic rings. The van der Waals surface area contributed by atoms with Crippen molar-refractivity contribution in [2.24, 2.45) is 0 Å². The van der Waals surface area contributed by atoms with Crippen molar-refractivity contribution in [2.75, 3.05) is 20.2 Å². The first-order valence-corrected chi connectivity index (χ1v) is 10.1. The second kappa shape index (κ2) is 9.25. The number of rotatable bonds is 9. The van der Waals surface area contributed by atoms with E-state index in [0.29, 0.717) is 25.2 Å². The molecule has 148 valence electrons. The summed E-state index contributed by atoms with van der Waals surface area (Å²) in [5, 5.41) is 3.11. The Hall–Kier alpha value is -2.03. The molecule has 0 aliphatic carbocycles. The van der Waals surface area contributed by atoms with Gasteiger partial charge >= 0.3 is 0 Å². The number of benzene rings is 2. The van der Waals surface area contributed by atoms with E-state index in [9.17, 15) is 17.2 Å². The summed E-state index contributed by atoms with van der Waals surface area (Å²) in [5.41, 5.74) is 1.37. The van der Waals surface area contributed by atoms with Crippen LogP contribution in [0.2, 0.25) is 0 Å². The molecule has 0 fully saturated rings. The predicted molar refractivity (Wildman–Crippen MR) is 100 cm³/mol. The number of sulfonamides is 1. The van der Waals surface area contributed by atoms with Crippen molar-refractivity contribution in [3.63, 3.8) is 0 Å². The molecule has 0 radical (unpaired) electrons. The zero-order valence-corrected chi connectivity index (χ0v) is 16.4. The van der Waals surface area contributed by atoms with Crippen LogP contribution in [0.15, 0.2) is 41.3 Å². The Bertz CT molecular complexity index is 867. The highest BCUT2D eigenvalue weighted by Crippen LogP contribution is 2.22. The van der Waals surface area contributed by atoms with Crippen molar-refractivity contribution < 1.29 is 21.9 Å². The lowest BCUT2D eigenvalue weighted by Crippen LogP contribution is -2.30. The van der Waals surface area contributed by atoms with Crippen LogP contribution in [0.1, 0.15) is 25.0 Å². The monoisotopic (exact) mass is 398 g/mol. The number of halogens is 2. The molecule has 0 spiro atoms. The standard InChI is InChI=1S/C19H24F2N2O3S/c1-4-23(5-2)27(24,25)16-8-6-14(7-9-16)12-22-13-15-10-17(20)18(21)11-19(15)26-3/h6-11,22H,4-5,12-13H2,1-3H3. The molecule has 0 amide bonds. The van der Waals surface area contributed by atoms with Crippen molar-refractivity contribution in [2.45, 2.75) is 31.8 Å². The van der Waals surface area contributed by atoms with Crippen LogP contribution in [-0.2, 0) is 23.1 Å². The number of hydrogen-bond acceptors (Lipinski definition) is 4. The fraction of sp³-hybridized carbons (Fsp3) is 0.368. The molecule has 0 aromatic heterocycles. The first kappa shape index (κ1) is 21.3. The second-order valence-electron chi connectivity index (χ2n) is 5.91. The zero-order chi connectivity index (χ0) is 20.0. The van der Waals surface area contributed by atoms with Crippen LogP contribution in [-0.4, -0.2) is 32.9 Å². The first-order valence-electron chi connectivity index (χ1n) is 8.65.